The molecule has 2 heterocycles. The molecule has 4 rings (SSSR count). The number of nitrogens with one attached hydrogen (secondary N) is 1. The fraction of sp³-hybridized carbons (Fsp3) is 0.208. The van der Waals surface area contributed by atoms with Crippen LogP contribution in [0.25, 0.3) is 5.69 Å². The second kappa shape index (κ2) is 9.18. The van der Waals surface area contributed by atoms with Crippen LogP contribution in [0.1, 0.15) is 38.6 Å². The highest BCUT2D eigenvalue weighted by Gasteiger charge is 2.22. The Labute approximate surface area is 196 Å². The molecule has 0 aliphatic rings. The van der Waals surface area contributed by atoms with E-state index in [4.69, 9.17) is 23.2 Å². The Morgan fingerprint density at radius 1 is 0.938 bits per heavy atom. The molecule has 164 valence electrons. The number of carbonyl (C=O) groups excluding carboxylic acids is 1. The number of para-hydroxylation sites is 1. The standard InChI is InChI=1S/C24H23Cl2N5O/c1-15-20(17(3)31(29-15)19-10-5-4-6-11-19)13-27-24(32)22-16(2)28-30(23(22)26)14-18-9-7-8-12-21(18)25/h4-12H,13-14H2,1-3H3,(H,27,32). The van der Waals surface area contributed by atoms with E-state index in [0.29, 0.717) is 29.4 Å². The molecule has 1 amide bonds. The van der Waals surface area contributed by atoms with Gasteiger partial charge in [0.05, 0.1) is 29.2 Å². The zero-order valence-electron chi connectivity index (χ0n) is 18.1. The highest BCUT2D eigenvalue weighted by molar-refractivity contribution is 6.33. The molecule has 2 aromatic heterocycles. The van der Waals surface area contributed by atoms with Gasteiger partial charge in [0.2, 0.25) is 0 Å². The van der Waals surface area contributed by atoms with Gasteiger partial charge in [-0.1, -0.05) is 59.6 Å². The normalized spacial score (nSPS) is 11.0. The van der Waals surface area contributed by atoms with Crippen molar-refractivity contribution in [3.05, 3.63) is 98.5 Å². The van der Waals surface area contributed by atoms with Gasteiger partial charge in [-0.15, -0.1) is 0 Å². The maximum Gasteiger partial charge on any atom is 0.256 e. The average molecular weight is 468 g/mol. The third-order valence-electron chi connectivity index (χ3n) is 5.44. The molecule has 0 saturated carbocycles. The Balaban J connectivity index is 1.53. The van der Waals surface area contributed by atoms with Gasteiger partial charge in [0.1, 0.15) is 5.15 Å². The van der Waals surface area contributed by atoms with Crippen LogP contribution in [0.4, 0.5) is 0 Å². The molecule has 0 aliphatic carbocycles. The van der Waals surface area contributed by atoms with Gasteiger partial charge >= 0.3 is 0 Å². The van der Waals surface area contributed by atoms with Crippen LogP contribution in [0.15, 0.2) is 54.6 Å². The van der Waals surface area contributed by atoms with Crippen LogP contribution in [0.3, 0.4) is 0 Å². The summed E-state index contributed by atoms with van der Waals surface area (Å²) in [6.45, 7) is 6.43. The predicted molar refractivity (Wildman–Crippen MR) is 127 cm³/mol. The molecule has 2 aromatic carbocycles. The van der Waals surface area contributed by atoms with Crippen molar-refractivity contribution >= 4 is 29.1 Å². The molecule has 0 bridgehead atoms. The SMILES string of the molecule is Cc1nn(-c2ccccc2)c(C)c1CNC(=O)c1c(C)nn(Cc2ccccc2Cl)c1Cl. The number of hydrogen-bond donors (Lipinski definition) is 1. The zero-order chi connectivity index (χ0) is 22.8. The van der Waals surface area contributed by atoms with Crippen LogP contribution in [-0.4, -0.2) is 25.5 Å². The number of carbonyl (C=O) groups is 1. The maximum atomic E-state index is 13.0. The topological polar surface area (TPSA) is 64.7 Å². The van der Waals surface area contributed by atoms with Crippen molar-refractivity contribution in [1.29, 1.82) is 0 Å². The van der Waals surface area contributed by atoms with Gasteiger partial charge in [-0.05, 0) is 44.5 Å². The molecule has 1 N–H and O–H groups in total. The molecule has 4 aromatic rings. The number of aryl methyl sites for hydroxylation is 2. The van der Waals surface area contributed by atoms with E-state index in [1.165, 1.54) is 0 Å². The van der Waals surface area contributed by atoms with Crippen molar-refractivity contribution in [2.24, 2.45) is 0 Å². The van der Waals surface area contributed by atoms with E-state index < -0.39 is 0 Å². The number of nitrogens with zero attached hydrogens (tertiary/aromatic N) is 4. The Morgan fingerprint density at radius 2 is 1.62 bits per heavy atom. The van der Waals surface area contributed by atoms with E-state index in [1.807, 2.05) is 73.1 Å². The molecule has 0 fully saturated rings. The predicted octanol–water partition coefficient (Wildman–Crippen LogP) is 5.28. The zero-order valence-corrected chi connectivity index (χ0v) is 19.6. The molecule has 6 nitrogen and oxygen atoms in total. The lowest BCUT2D eigenvalue weighted by Crippen LogP contribution is -2.24. The lowest BCUT2D eigenvalue weighted by molar-refractivity contribution is 0.0950. The smallest absolute Gasteiger partial charge is 0.256 e. The van der Waals surface area contributed by atoms with Crippen LogP contribution < -0.4 is 5.32 Å². The number of benzene rings is 2. The first-order chi connectivity index (χ1) is 15.4. The summed E-state index contributed by atoms with van der Waals surface area (Å²) in [6.07, 6.45) is 0. The number of rotatable bonds is 6. The number of hydrogen-bond acceptors (Lipinski definition) is 3. The van der Waals surface area contributed by atoms with Crippen molar-refractivity contribution in [2.45, 2.75) is 33.9 Å². The van der Waals surface area contributed by atoms with Crippen molar-refractivity contribution in [3.8, 4) is 5.69 Å². The van der Waals surface area contributed by atoms with Crippen molar-refractivity contribution in [1.82, 2.24) is 24.9 Å². The lowest BCUT2D eigenvalue weighted by Gasteiger charge is -2.08. The highest BCUT2D eigenvalue weighted by Crippen LogP contribution is 2.24. The van der Waals surface area contributed by atoms with Crippen molar-refractivity contribution in [3.63, 3.8) is 0 Å². The van der Waals surface area contributed by atoms with Crippen molar-refractivity contribution < 1.29 is 4.79 Å². The molecule has 0 saturated heterocycles. The summed E-state index contributed by atoms with van der Waals surface area (Å²) in [7, 11) is 0. The highest BCUT2D eigenvalue weighted by atomic mass is 35.5. The van der Waals surface area contributed by atoms with E-state index in [-0.39, 0.29) is 11.1 Å². The van der Waals surface area contributed by atoms with Crippen LogP contribution in [0.2, 0.25) is 10.2 Å². The second-order valence-electron chi connectivity index (χ2n) is 7.58. The summed E-state index contributed by atoms with van der Waals surface area (Å²) in [5, 5.41) is 13.0. The second-order valence-corrected chi connectivity index (χ2v) is 8.34. The molecule has 8 heteroatoms. The van der Waals surface area contributed by atoms with Gasteiger partial charge in [0.25, 0.3) is 5.91 Å². The van der Waals surface area contributed by atoms with Crippen LogP contribution >= 0.6 is 23.2 Å². The average Bonchev–Trinajstić information content (AvgIpc) is 3.22. The third-order valence-corrected chi connectivity index (χ3v) is 6.19. The van der Waals surface area contributed by atoms with E-state index in [9.17, 15) is 4.79 Å². The summed E-state index contributed by atoms with van der Waals surface area (Å²) in [4.78, 5) is 13.0. The quantitative estimate of drug-likeness (QED) is 0.419. The molecule has 32 heavy (non-hydrogen) atoms. The Kier molecular flexibility index (Phi) is 6.35. The fourth-order valence-electron chi connectivity index (χ4n) is 3.71. The maximum absolute atomic E-state index is 13.0. The van der Waals surface area contributed by atoms with E-state index in [2.05, 4.69) is 15.5 Å². The van der Waals surface area contributed by atoms with E-state index in [0.717, 1.165) is 28.2 Å². The summed E-state index contributed by atoms with van der Waals surface area (Å²) in [6, 6.07) is 17.4. The summed E-state index contributed by atoms with van der Waals surface area (Å²) < 4.78 is 3.48. The van der Waals surface area contributed by atoms with Gasteiger partial charge < -0.3 is 5.32 Å². The third kappa shape index (κ3) is 4.29. The first kappa shape index (κ1) is 22.1. The minimum absolute atomic E-state index is 0.274. The number of aromatic nitrogens is 4. The summed E-state index contributed by atoms with van der Waals surface area (Å²) >= 11 is 12.8. The number of amides is 1. The minimum atomic E-state index is -0.274. The Hall–Kier alpha value is -3.09. The molecular weight excluding hydrogens is 445 g/mol. The van der Waals surface area contributed by atoms with Crippen molar-refractivity contribution in [2.75, 3.05) is 0 Å². The summed E-state index contributed by atoms with van der Waals surface area (Å²) in [5.74, 6) is -0.274. The molecule has 0 radical (unpaired) electrons. The largest absolute Gasteiger partial charge is 0.348 e. The minimum Gasteiger partial charge on any atom is -0.348 e. The van der Waals surface area contributed by atoms with Crippen LogP contribution in [0.5, 0.6) is 0 Å². The lowest BCUT2D eigenvalue weighted by atomic mass is 10.2. The van der Waals surface area contributed by atoms with Gasteiger partial charge in [0, 0.05) is 22.8 Å². The molecule has 0 atom stereocenters. The molecular formula is C24H23Cl2N5O. The van der Waals surface area contributed by atoms with Gasteiger partial charge in [0.15, 0.2) is 0 Å². The first-order valence-corrected chi connectivity index (χ1v) is 11.0. The fourth-order valence-corrected chi connectivity index (χ4v) is 4.23. The van der Waals surface area contributed by atoms with Gasteiger partial charge in [-0.2, -0.15) is 10.2 Å². The van der Waals surface area contributed by atoms with E-state index >= 15 is 0 Å². The molecule has 0 unspecified atom stereocenters. The van der Waals surface area contributed by atoms with Gasteiger partial charge in [-0.25, -0.2) is 9.36 Å². The monoisotopic (exact) mass is 467 g/mol. The Morgan fingerprint density at radius 3 is 2.34 bits per heavy atom. The molecule has 0 spiro atoms. The number of halogens is 2. The first-order valence-electron chi connectivity index (χ1n) is 10.2. The van der Waals surface area contributed by atoms with E-state index in [1.54, 1.807) is 11.6 Å². The summed E-state index contributed by atoms with van der Waals surface area (Å²) in [5.41, 5.74) is 5.60. The van der Waals surface area contributed by atoms with Gasteiger partial charge in [-0.3, -0.25) is 4.79 Å². The van der Waals surface area contributed by atoms with Crippen LogP contribution in [0, 0.1) is 20.8 Å². The molecule has 0 aliphatic heterocycles. The van der Waals surface area contributed by atoms with Crippen LogP contribution in [-0.2, 0) is 13.1 Å². The Bertz CT molecular complexity index is 1280.